The van der Waals surface area contributed by atoms with Crippen LogP contribution in [0.15, 0.2) is 12.7 Å². The van der Waals surface area contributed by atoms with Crippen molar-refractivity contribution in [3.8, 4) is 0 Å². The molecule has 1 fully saturated rings. The van der Waals surface area contributed by atoms with Crippen LogP contribution >= 0.6 is 0 Å². The SMILES string of the molecule is C=CCC(C)NC(=O)CNC1CCCC1. The van der Waals surface area contributed by atoms with E-state index in [1.165, 1.54) is 25.7 Å². The Labute approximate surface area is 92.3 Å². The minimum Gasteiger partial charge on any atom is -0.352 e. The average molecular weight is 210 g/mol. The van der Waals surface area contributed by atoms with Crippen LogP contribution in [-0.2, 0) is 4.79 Å². The molecule has 0 saturated heterocycles. The van der Waals surface area contributed by atoms with E-state index < -0.39 is 0 Å². The first-order valence-electron chi connectivity index (χ1n) is 5.86. The van der Waals surface area contributed by atoms with Gasteiger partial charge in [0.05, 0.1) is 6.54 Å². The van der Waals surface area contributed by atoms with E-state index >= 15 is 0 Å². The van der Waals surface area contributed by atoms with Crippen LogP contribution in [0.4, 0.5) is 0 Å². The number of amides is 1. The van der Waals surface area contributed by atoms with Gasteiger partial charge >= 0.3 is 0 Å². The predicted molar refractivity (Wildman–Crippen MR) is 62.7 cm³/mol. The Bertz CT molecular complexity index is 210. The van der Waals surface area contributed by atoms with Gasteiger partial charge in [-0.15, -0.1) is 6.58 Å². The summed E-state index contributed by atoms with van der Waals surface area (Å²) in [6.07, 6.45) is 7.69. The lowest BCUT2D eigenvalue weighted by atomic mass is 10.2. The highest BCUT2D eigenvalue weighted by atomic mass is 16.1. The van der Waals surface area contributed by atoms with Crippen LogP contribution in [0.5, 0.6) is 0 Å². The maximum Gasteiger partial charge on any atom is 0.234 e. The zero-order valence-electron chi connectivity index (χ0n) is 9.59. The van der Waals surface area contributed by atoms with Gasteiger partial charge in [-0.2, -0.15) is 0 Å². The van der Waals surface area contributed by atoms with Crippen molar-refractivity contribution in [3.63, 3.8) is 0 Å². The Balaban J connectivity index is 2.09. The Morgan fingerprint density at radius 1 is 1.53 bits per heavy atom. The fourth-order valence-electron chi connectivity index (χ4n) is 2.00. The van der Waals surface area contributed by atoms with Crippen molar-refractivity contribution < 1.29 is 4.79 Å². The molecule has 15 heavy (non-hydrogen) atoms. The van der Waals surface area contributed by atoms with Crippen LogP contribution in [-0.4, -0.2) is 24.5 Å². The molecule has 0 aliphatic heterocycles. The van der Waals surface area contributed by atoms with Gasteiger partial charge in [-0.05, 0) is 26.2 Å². The van der Waals surface area contributed by atoms with E-state index in [-0.39, 0.29) is 11.9 Å². The fraction of sp³-hybridized carbons (Fsp3) is 0.750. The number of carbonyl (C=O) groups excluding carboxylic acids is 1. The van der Waals surface area contributed by atoms with Crippen molar-refractivity contribution in [3.05, 3.63) is 12.7 Å². The smallest absolute Gasteiger partial charge is 0.234 e. The van der Waals surface area contributed by atoms with E-state index in [1.54, 1.807) is 0 Å². The molecule has 1 aliphatic carbocycles. The molecule has 1 rings (SSSR count). The van der Waals surface area contributed by atoms with Crippen molar-refractivity contribution in [1.82, 2.24) is 10.6 Å². The molecule has 3 nitrogen and oxygen atoms in total. The maximum atomic E-state index is 11.5. The van der Waals surface area contributed by atoms with Crippen molar-refractivity contribution in [1.29, 1.82) is 0 Å². The van der Waals surface area contributed by atoms with Crippen LogP contribution in [0.1, 0.15) is 39.0 Å². The van der Waals surface area contributed by atoms with Gasteiger partial charge in [0.25, 0.3) is 0 Å². The summed E-state index contributed by atoms with van der Waals surface area (Å²) in [5, 5.41) is 6.22. The minimum absolute atomic E-state index is 0.0938. The standard InChI is InChI=1S/C12H22N2O/c1-3-6-10(2)14-12(15)9-13-11-7-4-5-8-11/h3,10-11,13H,1,4-9H2,2H3,(H,14,15). The molecular weight excluding hydrogens is 188 g/mol. The molecule has 0 aromatic heterocycles. The highest BCUT2D eigenvalue weighted by Crippen LogP contribution is 2.17. The lowest BCUT2D eigenvalue weighted by Crippen LogP contribution is -2.41. The largest absolute Gasteiger partial charge is 0.352 e. The van der Waals surface area contributed by atoms with Crippen molar-refractivity contribution in [2.24, 2.45) is 0 Å². The zero-order chi connectivity index (χ0) is 11.1. The fourth-order valence-corrected chi connectivity index (χ4v) is 2.00. The lowest BCUT2D eigenvalue weighted by molar-refractivity contribution is -0.120. The van der Waals surface area contributed by atoms with Gasteiger partial charge < -0.3 is 10.6 Å². The van der Waals surface area contributed by atoms with E-state index in [2.05, 4.69) is 17.2 Å². The van der Waals surface area contributed by atoms with Gasteiger partial charge in [-0.1, -0.05) is 18.9 Å². The minimum atomic E-state index is 0.0938. The molecule has 0 heterocycles. The lowest BCUT2D eigenvalue weighted by Gasteiger charge is -2.14. The third-order valence-electron chi connectivity index (χ3n) is 2.83. The number of rotatable bonds is 6. The summed E-state index contributed by atoms with van der Waals surface area (Å²) >= 11 is 0. The van der Waals surface area contributed by atoms with Gasteiger partial charge in [0.2, 0.25) is 5.91 Å². The molecule has 3 heteroatoms. The molecule has 1 atom stereocenters. The first-order valence-corrected chi connectivity index (χ1v) is 5.86. The molecule has 0 radical (unpaired) electrons. The summed E-state index contributed by atoms with van der Waals surface area (Å²) in [7, 11) is 0. The normalized spacial score (nSPS) is 18.7. The Morgan fingerprint density at radius 2 is 2.20 bits per heavy atom. The molecule has 1 aliphatic rings. The molecular formula is C12H22N2O. The van der Waals surface area contributed by atoms with Gasteiger partial charge in [-0.25, -0.2) is 0 Å². The van der Waals surface area contributed by atoms with Gasteiger partial charge in [-0.3, -0.25) is 4.79 Å². The highest BCUT2D eigenvalue weighted by Gasteiger charge is 2.15. The van der Waals surface area contributed by atoms with Crippen LogP contribution in [0.25, 0.3) is 0 Å². The van der Waals surface area contributed by atoms with E-state index in [0.717, 1.165) is 6.42 Å². The predicted octanol–water partition coefficient (Wildman–Crippen LogP) is 1.60. The third kappa shape index (κ3) is 4.98. The van der Waals surface area contributed by atoms with Crippen molar-refractivity contribution >= 4 is 5.91 Å². The van der Waals surface area contributed by atoms with Gasteiger partial charge in [0, 0.05) is 12.1 Å². The van der Waals surface area contributed by atoms with Gasteiger partial charge in [0.15, 0.2) is 0 Å². The average Bonchev–Trinajstić information content (AvgIpc) is 2.67. The number of hydrogen-bond donors (Lipinski definition) is 2. The summed E-state index contributed by atoms with van der Waals surface area (Å²) in [5.41, 5.74) is 0. The van der Waals surface area contributed by atoms with E-state index in [1.807, 2.05) is 13.0 Å². The number of nitrogens with one attached hydrogen (secondary N) is 2. The number of hydrogen-bond acceptors (Lipinski definition) is 2. The van der Waals surface area contributed by atoms with Crippen LogP contribution in [0.2, 0.25) is 0 Å². The zero-order valence-corrected chi connectivity index (χ0v) is 9.59. The summed E-state index contributed by atoms with van der Waals surface area (Å²) < 4.78 is 0. The monoisotopic (exact) mass is 210 g/mol. The van der Waals surface area contributed by atoms with E-state index in [9.17, 15) is 4.79 Å². The van der Waals surface area contributed by atoms with Crippen molar-refractivity contribution in [2.45, 2.75) is 51.1 Å². The Hall–Kier alpha value is -0.830. The maximum absolute atomic E-state index is 11.5. The summed E-state index contributed by atoms with van der Waals surface area (Å²) in [5.74, 6) is 0.0938. The van der Waals surface area contributed by atoms with Crippen molar-refractivity contribution in [2.75, 3.05) is 6.54 Å². The molecule has 1 amide bonds. The highest BCUT2D eigenvalue weighted by molar-refractivity contribution is 5.78. The summed E-state index contributed by atoms with van der Waals surface area (Å²) in [6, 6.07) is 0.755. The Morgan fingerprint density at radius 3 is 2.80 bits per heavy atom. The van der Waals surface area contributed by atoms with Crippen LogP contribution < -0.4 is 10.6 Å². The molecule has 2 N–H and O–H groups in total. The summed E-state index contributed by atoms with van der Waals surface area (Å²) in [6.45, 7) is 6.10. The quantitative estimate of drug-likeness (QED) is 0.654. The molecule has 0 aromatic rings. The van der Waals surface area contributed by atoms with Crippen LogP contribution in [0.3, 0.4) is 0 Å². The van der Waals surface area contributed by atoms with Crippen LogP contribution in [0, 0.1) is 0 Å². The van der Waals surface area contributed by atoms with Gasteiger partial charge in [0.1, 0.15) is 0 Å². The Kier molecular flexibility index (Phi) is 5.40. The molecule has 1 saturated carbocycles. The topological polar surface area (TPSA) is 41.1 Å². The van der Waals surface area contributed by atoms with E-state index in [4.69, 9.17) is 0 Å². The third-order valence-corrected chi connectivity index (χ3v) is 2.83. The summed E-state index contributed by atoms with van der Waals surface area (Å²) in [4.78, 5) is 11.5. The number of carbonyl (C=O) groups is 1. The first-order chi connectivity index (χ1) is 7.22. The molecule has 1 unspecified atom stereocenters. The first kappa shape index (κ1) is 12.2. The molecule has 0 spiro atoms. The second-order valence-electron chi connectivity index (χ2n) is 4.36. The molecule has 0 bridgehead atoms. The second-order valence-corrected chi connectivity index (χ2v) is 4.36. The molecule has 86 valence electrons. The second kappa shape index (κ2) is 6.62. The van der Waals surface area contributed by atoms with E-state index in [0.29, 0.717) is 12.6 Å². The molecule has 0 aromatic carbocycles.